The van der Waals surface area contributed by atoms with Crippen molar-refractivity contribution in [1.82, 2.24) is 15.2 Å². The fraction of sp³-hybridized carbons (Fsp3) is 0.389. The third-order valence-corrected chi connectivity index (χ3v) is 3.37. The van der Waals surface area contributed by atoms with E-state index in [2.05, 4.69) is 71.6 Å². The standard InChI is InChI=1S/C18H25N3/c1-3-11-19-12-17-9-10-18(20-13-17)15-21(2)14-16-7-5-4-6-8-16/h4-10,13,19H,3,11-12,14-15H2,1-2H3. The molecule has 0 bridgehead atoms. The predicted octanol–water partition coefficient (Wildman–Crippen LogP) is 3.21. The molecule has 112 valence electrons. The van der Waals surface area contributed by atoms with Crippen LogP contribution in [-0.2, 0) is 19.6 Å². The van der Waals surface area contributed by atoms with Gasteiger partial charge < -0.3 is 5.32 Å². The Balaban J connectivity index is 1.82. The topological polar surface area (TPSA) is 28.2 Å². The van der Waals surface area contributed by atoms with Crippen LogP contribution in [0.25, 0.3) is 0 Å². The SMILES string of the molecule is CCCNCc1ccc(CN(C)Cc2ccccc2)nc1. The van der Waals surface area contributed by atoms with Crippen LogP contribution in [0.3, 0.4) is 0 Å². The lowest BCUT2D eigenvalue weighted by Crippen LogP contribution is -2.18. The second-order valence-electron chi connectivity index (χ2n) is 5.49. The minimum absolute atomic E-state index is 0.873. The summed E-state index contributed by atoms with van der Waals surface area (Å²) in [4.78, 5) is 6.84. The molecule has 0 saturated heterocycles. The van der Waals surface area contributed by atoms with Crippen molar-refractivity contribution in [3.05, 3.63) is 65.5 Å². The van der Waals surface area contributed by atoms with Gasteiger partial charge in [0.05, 0.1) is 5.69 Å². The van der Waals surface area contributed by atoms with E-state index in [4.69, 9.17) is 0 Å². The molecule has 0 radical (unpaired) electrons. The quantitative estimate of drug-likeness (QED) is 0.754. The van der Waals surface area contributed by atoms with Gasteiger partial charge in [-0.3, -0.25) is 9.88 Å². The molecule has 3 heteroatoms. The highest BCUT2D eigenvalue weighted by Crippen LogP contribution is 2.07. The lowest BCUT2D eigenvalue weighted by atomic mass is 10.2. The van der Waals surface area contributed by atoms with Crippen molar-refractivity contribution < 1.29 is 0 Å². The molecule has 0 aliphatic carbocycles. The van der Waals surface area contributed by atoms with E-state index in [0.717, 1.165) is 38.3 Å². The summed E-state index contributed by atoms with van der Waals surface area (Å²) in [6, 6.07) is 14.8. The van der Waals surface area contributed by atoms with E-state index in [9.17, 15) is 0 Å². The molecule has 0 aliphatic heterocycles. The Kier molecular flexibility index (Phi) is 6.38. The summed E-state index contributed by atoms with van der Waals surface area (Å²) in [6.07, 6.45) is 3.14. The van der Waals surface area contributed by atoms with Crippen molar-refractivity contribution in [3.63, 3.8) is 0 Å². The molecule has 1 aromatic heterocycles. The lowest BCUT2D eigenvalue weighted by molar-refractivity contribution is 0.315. The van der Waals surface area contributed by atoms with E-state index >= 15 is 0 Å². The van der Waals surface area contributed by atoms with Crippen LogP contribution in [0.1, 0.15) is 30.2 Å². The molecule has 1 heterocycles. The Labute approximate surface area is 128 Å². The first-order valence-corrected chi connectivity index (χ1v) is 7.65. The smallest absolute Gasteiger partial charge is 0.0544 e. The molecule has 0 spiro atoms. The molecule has 0 fully saturated rings. The number of nitrogens with one attached hydrogen (secondary N) is 1. The van der Waals surface area contributed by atoms with E-state index in [0.29, 0.717) is 0 Å². The van der Waals surface area contributed by atoms with Crippen LogP contribution in [-0.4, -0.2) is 23.5 Å². The number of hydrogen-bond donors (Lipinski definition) is 1. The molecule has 0 aliphatic rings. The third-order valence-electron chi connectivity index (χ3n) is 3.37. The van der Waals surface area contributed by atoms with E-state index < -0.39 is 0 Å². The summed E-state index contributed by atoms with van der Waals surface area (Å²) in [5.74, 6) is 0. The molecule has 0 amide bonds. The average Bonchev–Trinajstić information content (AvgIpc) is 2.50. The first-order valence-electron chi connectivity index (χ1n) is 7.65. The first kappa shape index (κ1) is 15.7. The van der Waals surface area contributed by atoms with Gasteiger partial charge in [-0.15, -0.1) is 0 Å². The van der Waals surface area contributed by atoms with Crippen LogP contribution in [0, 0.1) is 0 Å². The number of aromatic nitrogens is 1. The van der Waals surface area contributed by atoms with Crippen molar-refractivity contribution in [2.45, 2.75) is 33.0 Å². The number of benzene rings is 1. The van der Waals surface area contributed by atoms with Crippen LogP contribution in [0.5, 0.6) is 0 Å². The van der Waals surface area contributed by atoms with Gasteiger partial charge in [0.1, 0.15) is 0 Å². The maximum atomic E-state index is 4.56. The second-order valence-corrected chi connectivity index (χ2v) is 5.49. The summed E-state index contributed by atoms with van der Waals surface area (Å²) in [5.41, 5.74) is 3.70. The number of pyridine rings is 1. The molecule has 0 unspecified atom stereocenters. The molecule has 0 atom stereocenters. The highest BCUT2D eigenvalue weighted by atomic mass is 15.1. The molecular formula is C18H25N3. The molecule has 0 saturated carbocycles. The van der Waals surface area contributed by atoms with Crippen LogP contribution in [0.2, 0.25) is 0 Å². The highest BCUT2D eigenvalue weighted by Gasteiger charge is 2.03. The van der Waals surface area contributed by atoms with E-state index in [1.807, 2.05) is 6.20 Å². The van der Waals surface area contributed by atoms with Crippen molar-refractivity contribution in [2.24, 2.45) is 0 Å². The van der Waals surface area contributed by atoms with Gasteiger partial charge in [0.2, 0.25) is 0 Å². The van der Waals surface area contributed by atoms with Gasteiger partial charge in [-0.1, -0.05) is 43.3 Å². The maximum Gasteiger partial charge on any atom is 0.0544 e. The second kappa shape index (κ2) is 8.55. The van der Waals surface area contributed by atoms with Gasteiger partial charge in [0.25, 0.3) is 0 Å². The lowest BCUT2D eigenvalue weighted by Gasteiger charge is -2.16. The molecule has 2 aromatic rings. The summed E-state index contributed by atoms with van der Waals surface area (Å²) in [5, 5.41) is 3.39. The Bertz CT molecular complexity index is 508. The van der Waals surface area contributed by atoms with Gasteiger partial charge in [0.15, 0.2) is 0 Å². The van der Waals surface area contributed by atoms with Gasteiger partial charge in [-0.25, -0.2) is 0 Å². The number of rotatable bonds is 8. The van der Waals surface area contributed by atoms with Crippen molar-refractivity contribution >= 4 is 0 Å². The zero-order valence-electron chi connectivity index (χ0n) is 13.0. The average molecular weight is 283 g/mol. The van der Waals surface area contributed by atoms with Crippen molar-refractivity contribution in [3.8, 4) is 0 Å². The fourth-order valence-electron chi connectivity index (χ4n) is 2.29. The summed E-state index contributed by atoms with van der Waals surface area (Å²) >= 11 is 0. The number of hydrogen-bond acceptors (Lipinski definition) is 3. The van der Waals surface area contributed by atoms with Gasteiger partial charge >= 0.3 is 0 Å². The molecule has 1 aromatic carbocycles. The summed E-state index contributed by atoms with van der Waals surface area (Å²) < 4.78 is 0. The molecule has 21 heavy (non-hydrogen) atoms. The van der Waals surface area contributed by atoms with Crippen LogP contribution >= 0.6 is 0 Å². The largest absolute Gasteiger partial charge is 0.313 e. The summed E-state index contributed by atoms with van der Waals surface area (Å²) in [6.45, 7) is 5.96. The molecule has 1 N–H and O–H groups in total. The molecule has 3 nitrogen and oxygen atoms in total. The highest BCUT2D eigenvalue weighted by molar-refractivity contribution is 5.16. The van der Waals surface area contributed by atoms with Crippen LogP contribution in [0.4, 0.5) is 0 Å². The van der Waals surface area contributed by atoms with Gasteiger partial charge in [-0.2, -0.15) is 0 Å². The summed E-state index contributed by atoms with van der Waals surface area (Å²) in [7, 11) is 2.13. The molecular weight excluding hydrogens is 258 g/mol. The number of nitrogens with zero attached hydrogens (tertiary/aromatic N) is 2. The van der Waals surface area contributed by atoms with Crippen molar-refractivity contribution in [1.29, 1.82) is 0 Å². The van der Waals surface area contributed by atoms with E-state index in [1.54, 1.807) is 0 Å². The zero-order valence-corrected chi connectivity index (χ0v) is 13.0. The van der Waals surface area contributed by atoms with E-state index in [-0.39, 0.29) is 0 Å². The Morgan fingerprint density at radius 2 is 1.81 bits per heavy atom. The predicted molar refractivity (Wildman–Crippen MR) is 87.8 cm³/mol. The molecule has 2 rings (SSSR count). The van der Waals surface area contributed by atoms with Crippen LogP contribution < -0.4 is 5.32 Å². The Hall–Kier alpha value is -1.71. The minimum atomic E-state index is 0.873. The Morgan fingerprint density at radius 3 is 2.48 bits per heavy atom. The fourth-order valence-corrected chi connectivity index (χ4v) is 2.29. The first-order chi connectivity index (χ1) is 10.3. The van der Waals surface area contributed by atoms with Crippen LogP contribution in [0.15, 0.2) is 48.7 Å². The van der Waals surface area contributed by atoms with Gasteiger partial charge in [0, 0.05) is 25.8 Å². The zero-order chi connectivity index (χ0) is 14.9. The van der Waals surface area contributed by atoms with Gasteiger partial charge in [-0.05, 0) is 37.2 Å². The monoisotopic (exact) mass is 283 g/mol. The Morgan fingerprint density at radius 1 is 1.00 bits per heavy atom. The van der Waals surface area contributed by atoms with E-state index in [1.165, 1.54) is 11.1 Å². The normalized spacial score (nSPS) is 11.0. The third kappa shape index (κ3) is 5.66. The van der Waals surface area contributed by atoms with Crippen molar-refractivity contribution in [2.75, 3.05) is 13.6 Å². The minimum Gasteiger partial charge on any atom is -0.313 e. The maximum absolute atomic E-state index is 4.56.